The fraction of sp³-hybridized carbons (Fsp3) is 0.125. The smallest absolute Gasteiger partial charge is 0.283 e. The Morgan fingerprint density at radius 2 is 2.20 bits per heavy atom. The lowest BCUT2D eigenvalue weighted by atomic mass is 10.2. The van der Waals surface area contributed by atoms with Gasteiger partial charge in [-0.05, 0) is 34.2 Å². The number of halogens is 2. The molecular formula is C8H5ClINO4. The van der Waals surface area contributed by atoms with Crippen LogP contribution < -0.4 is 4.74 Å². The van der Waals surface area contributed by atoms with Crippen molar-refractivity contribution in [2.45, 2.75) is 0 Å². The molecule has 0 fully saturated rings. The standard InChI is InChI=1S/C8H5ClINO4/c1-15-7-3-5(10)6(11(13)14)2-4(7)8(9)12/h2-3H,1H3. The second-order valence-corrected chi connectivity index (χ2v) is 4.04. The fourth-order valence-electron chi connectivity index (χ4n) is 1.01. The van der Waals surface area contributed by atoms with E-state index in [0.717, 1.165) is 6.07 Å². The molecule has 80 valence electrons. The molecule has 0 aliphatic rings. The Morgan fingerprint density at radius 1 is 1.60 bits per heavy atom. The van der Waals surface area contributed by atoms with Gasteiger partial charge in [0, 0.05) is 12.1 Å². The van der Waals surface area contributed by atoms with E-state index < -0.39 is 10.2 Å². The van der Waals surface area contributed by atoms with Crippen molar-refractivity contribution in [2.24, 2.45) is 0 Å². The van der Waals surface area contributed by atoms with Crippen LogP contribution in [-0.2, 0) is 0 Å². The van der Waals surface area contributed by atoms with E-state index in [2.05, 4.69) is 0 Å². The van der Waals surface area contributed by atoms with Crippen molar-refractivity contribution in [3.63, 3.8) is 0 Å². The van der Waals surface area contributed by atoms with Gasteiger partial charge in [0.05, 0.1) is 21.2 Å². The summed E-state index contributed by atoms with van der Waals surface area (Å²) in [5, 5.41) is 9.82. The summed E-state index contributed by atoms with van der Waals surface area (Å²) in [5.41, 5.74) is -0.174. The predicted octanol–water partition coefficient (Wildman–Crippen LogP) is 2.59. The van der Waals surface area contributed by atoms with Gasteiger partial charge in [-0.2, -0.15) is 0 Å². The molecule has 0 N–H and O–H groups in total. The van der Waals surface area contributed by atoms with Gasteiger partial charge in [0.2, 0.25) is 0 Å². The molecule has 15 heavy (non-hydrogen) atoms. The summed E-state index contributed by atoms with van der Waals surface area (Å²) < 4.78 is 5.27. The maximum Gasteiger partial charge on any atom is 0.283 e. The number of benzene rings is 1. The lowest BCUT2D eigenvalue weighted by molar-refractivity contribution is -0.385. The highest BCUT2D eigenvalue weighted by Crippen LogP contribution is 2.30. The number of nitro benzene ring substituents is 1. The van der Waals surface area contributed by atoms with Gasteiger partial charge >= 0.3 is 0 Å². The van der Waals surface area contributed by atoms with Crippen LogP contribution in [0.25, 0.3) is 0 Å². The molecule has 0 amide bonds. The molecule has 0 saturated heterocycles. The third-order valence-electron chi connectivity index (χ3n) is 1.68. The molecule has 1 aromatic carbocycles. The monoisotopic (exact) mass is 341 g/mol. The number of hydrogen-bond donors (Lipinski definition) is 0. The Bertz CT molecular complexity index is 435. The molecule has 5 nitrogen and oxygen atoms in total. The van der Waals surface area contributed by atoms with Crippen molar-refractivity contribution >= 4 is 45.1 Å². The van der Waals surface area contributed by atoms with Crippen LogP contribution in [0.5, 0.6) is 5.75 Å². The lowest BCUT2D eigenvalue weighted by Gasteiger charge is -2.05. The molecule has 0 heterocycles. The van der Waals surface area contributed by atoms with E-state index in [4.69, 9.17) is 16.3 Å². The number of rotatable bonds is 3. The minimum Gasteiger partial charge on any atom is -0.496 e. The number of nitrogens with zero attached hydrogens (tertiary/aromatic N) is 1. The zero-order valence-electron chi connectivity index (χ0n) is 7.49. The van der Waals surface area contributed by atoms with Crippen molar-refractivity contribution < 1.29 is 14.5 Å². The van der Waals surface area contributed by atoms with Crippen LogP contribution >= 0.6 is 34.2 Å². The van der Waals surface area contributed by atoms with Crippen molar-refractivity contribution in [3.05, 3.63) is 31.4 Å². The maximum absolute atomic E-state index is 11.0. The molecule has 1 rings (SSSR count). The molecule has 7 heteroatoms. The summed E-state index contributed by atoms with van der Waals surface area (Å²) >= 11 is 7.06. The predicted molar refractivity (Wildman–Crippen MR) is 62.5 cm³/mol. The van der Waals surface area contributed by atoms with Gasteiger partial charge in [0.25, 0.3) is 10.9 Å². The fourth-order valence-corrected chi connectivity index (χ4v) is 1.79. The number of nitro groups is 1. The number of carbonyl (C=O) groups is 1. The zero-order valence-corrected chi connectivity index (χ0v) is 10.4. The van der Waals surface area contributed by atoms with Crippen LogP contribution in [0.3, 0.4) is 0 Å². The van der Waals surface area contributed by atoms with Crippen LogP contribution in [0.1, 0.15) is 10.4 Å². The van der Waals surface area contributed by atoms with E-state index in [1.165, 1.54) is 13.2 Å². The molecule has 0 spiro atoms. The molecular weight excluding hydrogens is 336 g/mol. The van der Waals surface area contributed by atoms with Gasteiger partial charge in [-0.25, -0.2) is 0 Å². The number of methoxy groups -OCH3 is 1. The SMILES string of the molecule is COc1cc(I)c([N+](=O)[O-])cc1C(=O)Cl. The second-order valence-electron chi connectivity index (χ2n) is 2.53. The van der Waals surface area contributed by atoms with Gasteiger partial charge in [0.1, 0.15) is 5.75 Å². The van der Waals surface area contributed by atoms with Gasteiger partial charge in [-0.3, -0.25) is 14.9 Å². The van der Waals surface area contributed by atoms with Crippen LogP contribution in [0, 0.1) is 13.7 Å². The summed E-state index contributed by atoms with van der Waals surface area (Å²) in [6, 6.07) is 2.50. The normalized spacial score (nSPS) is 9.80. The highest BCUT2D eigenvalue weighted by molar-refractivity contribution is 14.1. The summed E-state index contributed by atoms with van der Waals surface area (Å²) in [4.78, 5) is 21.0. The largest absolute Gasteiger partial charge is 0.496 e. The Hall–Kier alpha value is -0.890. The number of ether oxygens (including phenoxy) is 1. The summed E-state index contributed by atoms with van der Waals surface area (Å²) in [5.74, 6) is 0.227. The van der Waals surface area contributed by atoms with Crippen LogP contribution in [0.15, 0.2) is 12.1 Å². The quantitative estimate of drug-likeness (QED) is 0.367. The second kappa shape index (κ2) is 4.75. The van der Waals surface area contributed by atoms with Crippen molar-refractivity contribution in [1.29, 1.82) is 0 Å². The molecule has 0 saturated carbocycles. The Balaban J connectivity index is 3.43. The summed E-state index contributed by atoms with van der Waals surface area (Å²) in [6.45, 7) is 0. The first kappa shape index (κ1) is 12.2. The molecule has 0 bridgehead atoms. The van der Waals surface area contributed by atoms with E-state index >= 15 is 0 Å². The van der Waals surface area contributed by atoms with Gasteiger partial charge in [-0.1, -0.05) is 0 Å². The van der Waals surface area contributed by atoms with Crippen LogP contribution in [-0.4, -0.2) is 17.3 Å². The van der Waals surface area contributed by atoms with Gasteiger partial charge in [0.15, 0.2) is 0 Å². The highest BCUT2D eigenvalue weighted by atomic mass is 127. The Kier molecular flexibility index (Phi) is 3.86. The topological polar surface area (TPSA) is 69.4 Å². The Morgan fingerprint density at radius 3 is 2.60 bits per heavy atom. The molecule has 1 aromatic rings. The molecule has 0 atom stereocenters. The summed E-state index contributed by atoms with van der Waals surface area (Å²) in [7, 11) is 1.36. The third kappa shape index (κ3) is 2.57. The van der Waals surface area contributed by atoms with E-state index in [1.54, 1.807) is 22.6 Å². The third-order valence-corrected chi connectivity index (χ3v) is 2.75. The van der Waals surface area contributed by atoms with E-state index in [-0.39, 0.29) is 17.0 Å². The maximum atomic E-state index is 11.0. The molecule has 0 unspecified atom stereocenters. The molecule has 0 aromatic heterocycles. The van der Waals surface area contributed by atoms with Crippen molar-refractivity contribution in [3.8, 4) is 5.75 Å². The highest BCUT2D eigenvalue weighted by Gasteiger charge is 2.19. The van der Waals surface area contributed by atoms with Crippen molar-refractivity contribution in [1.82, 2.24) is 0 Å². The van der Waals surface area contributed by atoms with Gasteiger partial charge < -0.3 is 4.74 Å². The van der Waals surface area contributed by atoms with E-state index in [1.807, 2.05) is 0 Å². The Labute approximate surface area is 104 Å². The van der Waals surface area contributed by atoms with Crippen molar-refractivity contribution in [2.75, 3.05) is 7.11 Å². The lowest BCUT2D eigenvalue weighted by Crippen LogP contribution is -2.00. The van der Waals surface area contributed by atoms with Crippen LogP contribution in [0.4, 0.5) is 5.69 Å². The first-order chi connectivity index (χ1) is 6.97. The number of carbonyl (C=O) groups excluding carboxylic acids is 1. The zero-order chi connectivity index (χ0) is 11.6. The van der Waals surface area contributed by atoms with Crippen LogP contribution in [0.2, 0.25) is 0 Å². The first-order valence-electron chi connectivity index (χ1n) is 3.69. The summed E-state index contributed by atoms with van der Waals surface area (Å²) in [6.07, 6.45) is 0. The average Bonchev–Trinajstić information content (AvgIpc) is 2.16. The molecule has 0 aliphatic carbocycles. The number of hydrogen-bond acceptors (Lipinski definition) is 4. The minimum absolute atomic E-state index is 0.00807. The first-order valence-corrected chi connectivity index (χ1v) is 5.14. The minimum atomic E-state index is -0.786. The molecule has 0 aliphatic heterocycles. The van der Waals surface area contributed by atoms with Gasteiger partial charge in [-0.15, -0.1) is 0 Å². The molecule has 0 radical (unpaired) electrons. The van der Waals surface area contributed by atoms with E-state index in [0.29, 0.717) is 3.57 Å². The average molecular weight is 341 g/mol. The van der Waals surface area contributed by atoms with E-state index in [9.17, 15) is 14.9 Å².